The van der Waals surface area contributed by atoms with Gasteiger partial charge in [0, 0.05) is 11.8 Å². The standard InChI is InChI=1S/C15H22O/c1-10-9-13(2)6-5-11(16)15(4)8-7-14(10,3)12(13)15/h9,12H,5-8H2,1-4H3/t12-,13+,14-,15-/m1/s1. The minimum atomic E-state index is -0.0317. The number of allylic oxidation sites excluding steroid dienone is 2. The van der Waals surface area contributed by atoms with Gasteiger partial charge in [0.15, 0.2) is 0 Å². The largest absolute Gasteiger partial charge is 0.299 e. The fourth-order valence-corrected chi connectivity index (χ4v) is 5.32. The zero-order chi connectivity index (χ0) is 11.8. The molecule has 4 atom stereocenters. The van der Waals surface area contributed by atoms with Crippen LogP contribution < -0.4 is 0 Å². The molecular weight excluding hydrogens is 196 g/mol. The molecule has 0 aromatic heterocycles. The maximum atomic E-state index is 12.3. The topological polar surface area (TPSA) is 17.1 Å². The highest BCUT2D eigenvalue weighted by Crippen LogP contribution is 2.71. The van der Waals surface area contributed by atoms with E-state index in [-0.39, 0.29) is 10.8 Å². The van der Waals surface area contributed by atoms with E-state index >= 15 is 0 Å². The second-order valence-corrected chi connectivity index (χ2v) is 7.02. The summed E-state index contributed by atoms with van der Waals surface area (Å²) in [6, 6.07) is 0. The number of hydrogen-bond acceptors (Lipinski definition) is 1. The second kappa shape index (κ2) is 2.63. The minimum absolute atomic E-state index is 0.0317. The maximum absolute atomic E-state index is 12.3. The summed E-state index contributed by atoms with van der Waals surface area (Å²) < 4.78 is 0. The van der Waals surface area contributed by atoms with E-state index < -0.39 is 0 Å². The summed E-state index contributed by atoms with van der Waals surface area (Å²) in [5, 5.41) is 0. The van der Waals surface area contributed by atoms with Gasteiger partial charge in [-0.15, -0.1) is 0 Å². The Balaban J connectivity index is 2.19. The SMILES string of the molecule is CC1=C[C@]2(C)CCC(=O)[C@@]3(C)CC[C@@]1(C)[C@@H]23. The van der Waals surface area contributed by atoms with Crippen molar-refractivity contribution in [1.82, 2.24) is 0 Å². The summed E-state index contributed by atoms with van der Waals surface area (Å²) in [6.45, 7) is 9.27. The number of Topliss-reactive ketones (excluding diaryl/α,β-unsaturated/α-hetero) is 1. The van der Waals surface area contributed by atoms with Crippen LogP contribution in [-0.2, 0) is 4.79 Å². The Kier molecular flexibility index (Phi) is 1.73. The molecule has 0 aromatic carbocycles. The van der Waals surface area contributed by atoms with Crippen LogP contribution in [-0.4, -0.2) is 5.78 Å². The summed E-state index contributed by atoms with van der Waals surface area (Å²) in [7, 11) is 0. The van der Waals surface area contributed by atoms with Crippen molar-refractivity contribution in [3.63, 3.8) is 0 Å². The molecule has 1 heteroatoms. The molecule has 88 valence electrons. The average Bonchev–Trinajstić information content (AvgIpc) is 2.59. The van der Waals surface area contributed by atoms with E-state index in [2.05, 4.69) is 33.8 Å². The molecule has 16 heavy (non-hydrogen) atoms. The van der Waals surface area contributed by atoms with Gasteiger partial charge in [-0.1, -0.05) is 32.4 Å². The number of rotatable bonds is 0. The maximum Gasteiger partial charge on any atom is 0.139 e. The normalized spacial score (nSPS) is 55.1. The molecule has 0 N–H and O–H groups in total. The molecule has 0 heterocycles. The predicted molar refractivity (Wildman–Crippen MR) is 65.0 cm³/mol. The van der Waals surface area contributed by atoms with Crippen molar-refractivity contribution in [1.29, 1.82) is 0 Å². The molecule has 3 aliphatic carbocycles. The van der Waals surface area contributed by atoms with Crippen molar-refractivity contribution in [2.24, 2.45) is 22.2 Å². The molecule has 2 fully saturated rings. The van der Waals surface area contributed by atoms with Gasteiger partial charge in [0.05, 0.1) is 0 Å². The van der Waals surface area contributed by atoms with Crippen LogP contribution in [0.3, 0.4) is 0 Å². The highest BCUT2D eigenvalue weighted by Gasteiger charge is 2.66. The highest BCUT2D eigenvalue weighted by atomic mass is 16.1. The third-order valence-electron chi connectivity index (χ3n) is 6.07. The smallest absolute Gasteiger partial charge is 0.139 e. The number of ketones is 1. The van der Waals surface area contributed by atoms with E-state index in [1.807, 2.05) is 0 Å². The van der Waals surface area contributed by atoms with Crippen LogP contribution in [0.5, 0.6) is 0 Å². The molecule has 0 unspecified atom stereocenters. The Labute approximate surface area is 98.3 Å². The fraction of sp³-hybridized carbons (Fsp3) is 0.800. The second-order valence-electron chi connectivity index (χ2n) is 7.02. The number of carbonyl (C=O) groups is 1. The third kappa shape index (κ3) is 0.919. The van der Waals surface area contributed by atoms with Gasteiger partial charge in [0.2, 0.25) is 0 Å². The predicted octanol–water partition coefficient (Wildman–Crippen LogP) is 3.74. The van der Waals surface area contributed by atoms with Crippen molar-refractivity contribution in [3.05, 3.63) is 11.6 Å². The van der Waals surface area contributed by atoms with Gasteiger partial charge in [-0.3, -0.25) is 4.79 Å². The van der Waals surface area contributed by atoms with Gasteiger partial charge in [-0.05, 0) is 42.9 Å². The van der Waals surface area contributed by atoms with E-state index in [1.54, 1.807) is 5.57 Å². The van der Waals surface area contributed by atoms with Crippen molar-refractivity contribution in [2.75, 3.05) is 0 Å². The molecule has 1 nitrogen and oxygen atoms in total. The first-order valence-corrected chi connectivity index (χ1v) is 6.56. The van der Waals surface area contributed by atoms with Crippen LogP contribution in [0.2, 0.25) is 0 Å². The van der Waals surface area contributed by atoms with Gasteiger partial charge in [-0.2, -0.15) is 0 Å². The fourth-order valence-electron chi connectivity index (χ4n) is 5.32. The summed E-state index contributed by atoms with van der Waals surface area (Å²) in [5.74, 6) is 1.09. The van der Waals surface area contributed by atoms with E-state index in [9.17, 15) is 4.79 Å². The molecule has 2 saturated carbocycles. The van der Waals surface area contributed by atoms with Crippen molar-refractivity contribution in [3.8, 4) is 0 Å². The van der Waals surface area contributed by atoms with Crippen LogP contribution in [0, 0.1) is 22.2 Å². The first-order valence-electron chi connectivity index (χ1n) is 6.56. The van der Waals surface area contributed by atoms with Crippen LogP contribution in [0.1, 0.15) is 53.4 Å². The molecule has 3 aliphatic rings. The summed E-state index contributed by atoms with van der Waals surface area (Å²) >= 11 is 0. The first-order chi connectivity index (χ1) is 7.33. The molecule has 0 bridgehead atoms. The van der Waals surface area contributed by atoms with E-state index in [0.29, 0.717) is 17.1 Å². The van der Waals surface area contributed by atoms with Gasteiger partial charge in [-0.25, -0.2) is 0 Å². The highest BCUT2D eigenvalue weighted by molar-refractivity contribution is 5.87. The lowest BCUT2D eigenvalue weighted by molar-refractivity contribution is -0.138. The molecule has 3 rings (SSSR count). The average molecular weight is 218 g/mol. The molecule has 0 saturated heterocycles. The summed E-state index contributed by atoms with van der Waals surface area (Å²) in [6.07, 6.45) is 6.66. The molecular formula is C15H22O. The zero-order valence-electron chi connectivity index (χ0n) is 10.9. The quantitative estimate of drug-likeness (QED) is 0.566. The van der Waals surface area contributed by atoms with Crippen molar-refractivity contribution >= 4 is 5.78 Å². The lowest BCUT2D eigenvalue weighted by Gasteiger charge is -2.48. The summed E-state index contributed by atoms with van der Waals surface area (Å²) in [5.41, 5.74) is 2.10. The minimum Gasteiger partial charge on any atom is -0.299 e. The summed E-state index contributed by atoms with van der Waals surface area (Å²) in [4.78, 5) is 12.3. The van der Waals surface area contributed by atoms with Crippen LogP contribution in [0.25, 0.3) is 0 Å². The Hall–Kier alpha value is -0.590. The Bertz CT molecular complexity index is 408. The number of carbonyl (C=O) groups excluding carboxylic acids is 1. The van der Waals surface area contributed by atoms with Crippen LogP contribution in [0.4, 0.5) is 0 Å². The van der Waals surface area contributed by atoms with Gasteiger partial charge in [0.25, 0.3) is 0 Å². The molecule has 0 aromatic rings. The lowest BCUT2D eigenvalue weighted by atomic mass is 9.55. The number of hydrogen-bond donors (Lipinski definition) is 0. The Morgan fingerprint density at radius 1 is 1.12 bits per heavy atom. The molecule has 0 spiro atoms. The van der Waals surface area contributed by atoms with Gasteiger partial charge < -0.3 is 0 Å². The van der Waals surface area contributed by atoms with Gasteiger partial charge >= 0.3 is 0 Å². The molecule has 0 radical (unpaired) electrons. The molecule has 0 aliphatic heterocycles. The van der Waals surface area contributed by atoms with Crippen LogP contribution >= 0.6 is 0 Å². The Morgan fingerprint density at radius 3 is 2.44 bits per heavy atom. The lowest BCUT2D eigenvalue weighted by Crippen LogP contribution is -2.47. The van der Waals surface area contributed by atoms with E-state index in [0.717, 1.165) is 19.3 Å². The zero-order valence-corrected chi connectivity index (χ0v) is 10.9. The Morgan fingerprint density at radius 2 is 1.75 bits per heavy atom. The van der Waals surface area contributed by atoms with E-state index in [1.165, 1.54) is 6.42 Å². The third-order valence-corrected chi connectivity index (χ3v) is 6.07. The van der Waals surface area contributed by atoms with Crippen LogP contribution in [0.15, 0.2) is 11.6 Å². The van der Waals surface area contributed by atoms with Crippen molar-refractivity contribution < 1.29 is 4.79 Å². The van der Waals surface area contributed by atoms with Gasteiger partial charge in [0.1, 0.15) is 5.78 Å². The van der Waals surface area contributed by atoms with Crippen molar-refractivity contribution in [2.45, 2.75) is 53.4 Å². The first kappa shape index (κ1) is 10.6. The van der Waals surface area contributed by atoms with E-state index in [4.69, 9.17) is 0 Å². The monoisotopic (exact) mass is 218 g/mol. The molecule has 0 amide bonds.